The van der Waals surface area contributed by atoms with Crippen molar-refractivity contribution in [2.24, 2.45) is 0 Å². The van der Waals surface area contributed by atoms with Gasteiger partial charge in [-0.2, -0.15) is 0 Å². The van der Waals surface area contributed by atoms with Gasteiger partial charge in [-0.25, -0.2) is 4.79 Å². The Morgan fingerprint density at radius 3 is 2.04 bits per heavy atom. The molecule has 0 heterocycles. The second-order valence-electron chi connectivity index (χ2n) is 4.73. The molecule has 2 aromatic rings. The van der Waals surface area contributed by atoms with Crippen LogP contribution in [0.15, 0.2) is 40.9 Å². The number of anilines is 2. The van der Waals surface area contributed by atoms with Crippen molar-refractivity contribution >= 4 is 33.3 Å². The summed E-state index contributed by atoms with van der Waals surface area (Å²) in [6, 6.07) is 10.2. The summed E-state index contributed by atoms with van der Waals surface area (Å²) in [5.41, 5.74) is 1.21. The summed E-state index contributed by atoms with van der Waals surface area (Å²) < 4.78 is 16.6. The number of benzene rings is 2. The second kappa shape index (κ2) is 8.44. The molecule has 0 fully saturated rings. The zero-order valence-corrected chi connectivity index (χ0v) is 15.3. The lowest BCUT2D eigenvalue weighted by Gasteiger charge is -2.13. The fraction of sp³-hybridized carbons (Fsp3) is 0.235. The summed E-state index contributed by atoms with van der Waals surface area (Å²) in [5.74, 6) is 1.88. The van der Waals surface area contributed by atoms with E-state index in [1.165, 1.54) is 0 Å². The molecule has 0 aliphatic heterocycles. The first-order valence-corrected chi connectivity index (χ1v) is 8.09. The van der Waals surface area contributed by atoms with Crippen LogP contribution >= 0.6 is 15.9 Å². The summed E-state index contributed by atoms with van der Waals surface area (Å²) in [7, 11) is 3.09. The number of methoxy groups -OCH3 is 2. The number of ether oxygens (including phenoxy) is 3. The molecule has 7 heteroatoms. The maximum atomic E-state index is 12.1. The summed E-state index contributed by atoms with van der Waals surface area (Å²) in [6.07, 6.45) is 0. The van der Waals surface area contributed by atoms with Gasteiger partial charge in [0, 0.05) is 23.5 Å². The lowest BCUT2D eigenvalue weighted by molar-refractivity contribution is 0.262. The van der Waals surface area contributed by atoms with Gasteiger partial charge in [0.25, 0.3) is 0 Å². The summed E-state index contributed by atoms with van der Waals surface area (Å²) in [4.78, 5) is 12.1. The molecule has 2 rings (SSSR count). The van der Waals surface area contributed by atoms with Gasteiger partial charge in [0.05, 0.1) is 20.8 Å². The molecule has 2 N–H and O–H groups in total. The topological polar surface area (TPSA) is 68.8 Å². The van der Waals surface area contributed by atoms with Gasteiger partial charge < -0.3 is 24.8 Å². The summed E-state index contributed by atoms with van der Waals surface area (Å²) in [5, 5.41) is 5.50. The Morgan fingerprint density at radius 2 is 1.54 bits per heavy atom. The van der Waals surface area contributed by atoms with E-state index < -0.39 is 0 Å². The number of hydrogen-bond acceptors (Lipinski definition) is 4. The van der Waals surface area contributed by atoms with Gasteiger partial charge >= 0.3 is 6.03 Å². The van der Waals surface area contributed by atoms with E-state index in [1.54, 1.807) is 50.6 Å². The van der Waals surface area contributed by atoms with E-state index in [4.69, 9.17) is 14.2 Å². The maximum absolute atomic E-state index is 12.1. The first-order valence-electron chi connectivity index (χ1n) is 7.29. The van der Waals surface area contributed by atoms with Crippen molar-refractivity contribution in [1.82, 2.24) is 0 Å². The highest BCUT2D eigenvalue weighted by molar-refractivity contribution is 9.10. The van der Waals surface area contributed by atoms with Crippen molar-refractivity contribution in [1.29, 1.82) is 0 Å². The lowest BCUT2D eigenvalue weighted by atomic mass is 10.2. The number of carbonyl (C=O) groups excluding carboxylic acids is 1. The smallest absolute Gasteiger partial charge is 0.323 e. The number of halogens is 1. The minimum atomic E-state index is -0.370. The monoisotopic (exact) mass is 394 g/mol. The Labute approximate surface area is 149 Å². The Hall–Kier alpha value is -2.41. The molecular formula is C17H19BrN2O4. The molecule has 128 valence electrons. The van der Waals surface area contributed by atoms with Gasteiger partial charge in [0.2, 0.25) is 0 Å². The molecule has 0 spiro atoms. The SMILES string of the molecule is CCOc1ccc(NC(=O)Nc2cc(OC)c(Br)c(OC)c2)cc1. The fourth-order valence-electron chi connectivity index (χ4n) is 2.04. The molecule has 0 aromatic heterocycles. The van der Waals surface area contributed by atoms with Crippen LogP contribution in [0.25, 0.3) is 0 Å². The molecular weight excluding hydrogens is 376 g/mol. The van der Waals surface area contributed by atoms with Crippen LogP contribution in [0.3, 0.4) is 0 Å². The molecule has 0 aliphatic carbocycles. The lowest BCUT2D eigenvalue weighted by Crippen LogP contribution is -2.19. The number of carbonyl (C=O) groups is 1. The second-order valence-corrected chi connectivity index (χ2v) is 5.52. The average molecular weight is 395 g/mol. The quantitative estimate of drug-likeness (QED) is 0.755. The van der Waals surface area contributed by atoms with Crippen molar-refractivity contribution in [3.05, 3.63) is 40.9 Å². The van der Waals surface area contributed by atoms with E-state index in [0.29, 0.717) is 34.0 Å². The van der Waals surface area contributed by atoms with E-state index >= 15 is 0 Å². The molecule has 0 unspecified atom stereocenters. The Balaban J connectivity index is 2.06. The van der Waals surface area contributed by atoms with Crippen LogP contribution in [-0.4, -0.2) is 26.9 Å². The minimum absolute atomic E-state index is 0.370. The van der Waals surface area contributed by atoms with Crippen LogP contribution in [0, 0.1) is 0 Å². The van der Waals surface area contributed by atoms with Gasteiger partial charge in [-0.15, -0.1) is 0 Å². The Bertz CT molecular complexity index is 679. The normalized spacial score (nSPS) is 10.0. The van der Waals surface area contributed by atoms with Crippen molar-refractivity contribution in [2.45, 2.75) is 6.92 Å². The molecule has 6 nitrogen and oxygen atoms in total. The highest BCUT2D eigenvalue weighted by Gasteiger charge is 2.11. The van der Waals surface area contributed by atoms with E-state index in [9.17, 15) is 4.79 Å². The highest BCUT2D eigenvalue weighted by atomic mass is 79.9. The van der Waals surface area contributed by atoms with Gasteiger partial charge in [-0.1, -0.05) is 0 Å². The van der Waals surface area contributed by atoms with Crippen LogP contribution in [0.2, 0.25) is 0 Å². The third-order valence-corrected chi connectivity index (χ3v) is 3.91. The molecule has 24 heavy (non-hydrogen) atoms. The highest BCUT2D eigenvalue weighted by Crippen LogP contribution is 2.37. The van der Waals surface area contributed by atoms with Gasteiger partial charge in [-0.05, 0) is 47.1 Å². The number of rotatable bonds is 6. The zero-order chi connectivity index (χ0) is 17.5. The minimum Gasteiger partial charge on any atom is -0.495 e. The first-order chi connectivity index (χ1) is 11.6. The molecule has 0 saturated heterocycles. The fourth-order valence-corrected chi connectivity index (χ4v) is 2.59. The Morgan fingerprint density at radius 1 is 1.00 bits per heavy atom. The van der Waals surface area contributed by atoms with Crippen molar-refractivity contribution < 1.29 is 19.0 Å². The predicted octanol–water partition coefficient (Wildman–Crippen LogP) is 4.51. The molecule has 0 radical (unpaired) electrons. The largest absolute Gasteiger partial charge is 0.495 e. The van der Waals surface area contributed by atoms with Gasteiger partial charge in [-0.3, -0.25) is 0 Å². The molecule has 0 saturated carbocycles. The Kier molecular flexibility index (Phi) is 6.31. The maximum Gasteiger partial charge on any atom is 0.323 e. The zero-order valence-electron chi connectivity index (χ0n) is 13.7. The van der Waals surface area contributed by atoms with Crippen molar-refractivity contribution in [3.8, 4) is 17.2 Å². The number of urea groups is 1. The molecule has 0 bridgehead atoms. The predicted molar refractivity (Wildman–Crippen MR) is 97.5 cm³/mol. The summed E-state index contributed by atoms with van der Waals surface area (Å²) >= 11 is 3.39. The van der Waals surface area contributed by atoms with Gasteiger partial charge in [0.1, 0.15) is 21.7 Å². The van der Waals surface area contributed by atoms with E-state index in [-0.39, 0.29) is 6.03 Å². The number of nitrogens with one attached hydrogen (secondary N) is 2. The molecule has 2 aromatic carbocycles. The van der Waals surface area contributed by atoms with E-state index in [0.717, 1.165) is 5.75 Å². The van der Waals surface area contributed by atoms with Crippen LogP contribution in [0.1, 0.15) is 6.92 Å². The summed E-state index contributed by atoms with van der Waals surface area (Å²) in [6.45, 7) is 2.51. The molecule has 0 aliphatic rings. The first kappa shape index (κ1) is 17.9. The van der Waals surface area contributed by atoms with Crippen molar-refractivity contribution in [2.75, 3.05) is 31.5 Å². The third kappa shape index (κ3) is 4.55. The standard InChI is InChI=1S/C17H19BrN2O4/c1-4-24-13-7-5-11(6-8-13)19-17(21)20-12-9-14(22-2)16(18)15(10-12)23-3/h5-10H,4H2,1-3H3,(H2,19,20,21). The third-order valence-electron chi connectivity index (χ3n) is 3.13. The molecule has 2 amide bonds. The number of amides is 2. The van der Waals surface area contributed by atoms with Crippen molar-refractivity contribution in [3.63, 3.8) is 0 Å². The van der Waals surface area contributed by atoms with Crippen LogP contribution in [0.5, 0.6) is 17.2 Å². The van der Waals surface area contributed by atoms with E-state index in [2.05, 4.69) is 26.6 Å². The number of hydrogen-bond donors (Lipinski definition) is 2. The van der Waals surface area contributed by atoms with E-state index in [1.807, 2.05) is 6.92 Å². The van der Waals surface area contributed by atoms with Crippen LogP contribution < -0.4 is 24.8 Å². The van der Waals surface area contributed by atoms with Gasteiger partial charge in [0.15, 0.2) is 0 Å². The van der Waals surface area contributed by atoms with Crippen LogP contribution in [0.4, 0.5) is 16.2 Å². The average Bonchev–Trinajstić information content (AvgIpc) is 2.58. The molecule has 0 atom stereocenters. The van der Waals surface area contributed by atoms with Crippen LogP contribution in [-0.2, 0) is 0 Å².